The van der Waals surface area contributed by atoms with Gasteiger partial charge in [0.25, 0.3) is 5.56 Å². The zero-order chi connectivity index (χ0) is 16.6. The first-order valence-corrected chi connectivity index (χ1v) is 7.53. The summed E-state index contributed by atoms with van der Waals surface area (Å²) in [6.07, 6.45) is 3.85. The van der Waals surface area contributed by atoms with Gasteiger partial charge in [0, 0.05) is 23.5 Å². The summed E-state index contributed by atoms with van der Waals surface area (Å²) in [5.74, 6) is -1.15. The number of hydrogen-bond acceptors (Lipinski definition) is 4. The van der Waals surface area contributed by atoms with E-state index >= 15 is 0 Å². The predicted molar refractivity (Wildman–Crippen MR) is 81.2 cm³/mol. The molecule has 2 aromatic rings. The van der Waals surface area contributed by atoms with Crippen LogP contribution < -0.4 is 10.9 Å². The zero-order valence-corrected chi connectivity index (χ0v) is 12.7. The van der Waals surface area contributed by atoms with Gasteiger partial charge in [0.1, 0.15) is 6.04 Å². The summed E-state index contributed by atoms with van der Waals surface area (Å²) < 4.78 is 1.26. The van der Waals surface area contributed by atoms with E-state index in [4.69, 9.17) is 0 Å². The highest BCUT2D eigenvalue weighted by Gasteiger charge is 2.30. The number of rotatable bonds is 6. The van der Waals surface area contributed by atoms with E-state index in [2.05, 4.69) is 15.4 Å². The Hall–Kier alpha value is -2.64. The molecule has 0 aromatic carbocycles. The number of aromatic amines is 1. The smallest absolute Gasteiger partial charge is 0.326 e. The minimum absolute atomic E-state index is 0.186. The van der Waals surface area contributed by atoms with Crippen LogP contribution in [0.15, 0.2) is 17.1 Å². The number of carbonyl (C=O) groups excluding carboxylic acids is 1. The van der Waals surface area contributed by atoms with E-state index in [9.17, 15) is 19.5 Å². The van der Waals surface area contributed by atoms with Gasteiger partial charge in [-0.1, -0.05) is 12.8 Å². The number of carboxylic acid groups (broad SMARTS) is 1. The van der Waals surface area contributed by atoms with Gasteiger partial charge in [0.2, 0.25) is 5.91 Å². The van der Waals surface area contributed by atoms with E-state index in [-0.39, 0.29) is 17.5 Å². The van der Waals surface area contributed by atoms with Gasteiger partial charge in [-0.15, -0.1) is 0 Å². The normalized spacial score (nSPS) is 15.5. The van der Waals surface area contributed by atoms with Crippen LogP contribution >= 0.6 is 0 Å². The van der Waals surface area contributed by atoms with E-state index < -0.39 is 17.9 Å². The maximum atomic E-state index is 12.3. The fraction of sp³-hybridized carbons (Fsp3) is 0.467. The molecule has 2 aromatic heterocycles. The van der Waals surface area contributed by atoms with Crippen LogP contribution in [0.2, 0.25) is 0 Å². The third-order valence-electron chi connectivity index (χ3n) is 4.08. The summed E-state index contributed by atoms with van der Waals surface area (Å²) in [4.78, 5) is 40.0. The lowest BCUT2D eigenvalue weighted by Gasteiger charge is -2.14. The van der Waals surface area contributed by atoms with Crippen molar-refractivity contribution in [3.05, 3.63) is 33.9 Å². The monoisotopic (exact) mass is 318 g/mol. The summed E-state index contributed by atoms with van der Waals surface area (Å²) in [7, 11) is 0. The molecule has 0 spiro atoms. The molecule has 3 rings (SSSR count). The Balaban J connectivity index is 1.76. The van der Waals surface area contributed by atoms with Crippen molar-refractivity contribution in [3.8, 4) is 0 Å². The van der Waals surface area contributed by atoms with Gasteiger partial charge in [-0.25, -0.2) is 14.3 Å². The van der Waals surface area contributed by atoms with Crippen molar-refractivity contribution in [3.63, 3.8) is 0 Å². The van der Waals surface area contributed by atoms with Crippen molar-refractivity contribution in [2.24, 2.45) is 5.92 Å². The zero-order valence-electron chi connectivity index (χ0n) is 12.7. The average Bonchev–Trinajstić information content (AvgIpc) is 3.18. The molecule has 23 heavy (non-hydrogen) atoms. The lowest BCUT2D eigenvalue weighted by Crippen LogP contribution is -2.42. The Labute approximate surface area is 131 Å². The van der Waals surface area contributed by atoms with E-state index in [1.165, 1.54) is 4.52 Å². The standard InChI is InChI=1S/C15H18N4O4/c1-8-10(14(21)19-12(17-8)4-5-16-19)7-13(20)18-11(15(22)23)6-9-2-3-9/h4-5,9,11,16H,2-3,6-7H2,1H3,(H,18,20)(H,22,23). The molecule has 8 nitrogen and oxygen atoms in total. The number of amides is 1. The third-order valence-corrected chi connectivity index (χ3v) is 4.08. The Bertz CT molecular complexity index is 818. The molecule has 1 aliphatic rings. The van der Waals surface area contributed by atoms with Gasteiger partial charge < -0.3 is 10.4 Å². The second kappa shape index (κ2) is 5.86. The molecule has 2 heterocycles. The molecular weight excluding hydrogens is 300 g/mol. The first kappa shape index (κ1) is 15.3. The van der Waals surface area contributed by atoms with Crippen molar-refractivity contribution in [2.45, 2.75) is 38.6 Å². The van der Waals surface area contributed by atoms with E-state index in [0.29, 0.717) is 23.7 Å². The topological polar surface area (TPSA) is 117 Å². The number of fused-ring (bicyclic) bond motifs is 1. The lowest BCUT2D eigenvalue weighted by molar-refractivity contribution is -0.142. The SMILES string of the molecule is Cc1nc2cc[nH]n2c(=O)c1CC(=O)NC(CC1CC1)C(=O)O. The van der Waals surface area contributed by atoms with Gasteiger partial charge in [-0.2, -0.15) is 0 Å². The molecule has 1 amide bonds. The molecule has 1 fully saturated rings. The van der Waals surface area contributed by atoms with Gasteiger partial charge in [-0.05, 0) is 19.3 Å². The molecule has 1 saturated carbocycles. The number of aromatic nitrogens is 3. The Kier molecular flexibility index (Phi) is 3.89. The van der Waals surface area contributed by atoms with Crippen molar-refractivity contribution < 1.29 is 14.7 Å². The highest BCUT2D eigenvalue weighted by Crippen LogP contribution is 2.33. The molecule has 0 aliphatic heterocycles. The molecule has 1 atom stereocenters. The van der Waals surface area contributed by atoms with E-state index in [1.54, 1.807) is 19.2 Å². The lowest BCUT2D eigenvalue weighted by atomic mass is 10.1. The number of H-pyrrole nitrogens is 1. The van der Waals surface area contributed by atoms with Gasteiger partial charge >= 0.3 is 5.97 Å². The summed E-state index contributed by atoms with van der Waals surface area (Å²) in [5.41, 5.74) is 0.868. The van der Waals surface area contributed by atoms with Crippen LogP contribution in [0.4, 0.5) is 0 Å². The van der Waals surface area contributed by atoms with Crippen LogP contribution in [-0.4, -0.2) is 37.6 Å². The number of aliphatic carboxylic acids is 1. The second-order valence-corrected chi connectivity index (χ2v) is 5.95. The number of carboxylic acids is 1. The number of hydrogen-bond donors (Lipinski definition) is 3. The van der Waals surface area contributed by atoms with Crippen LogP contribution in [0, 0.1) is 12.8 Å². The summed E-state index contributed by atoms with van der Waals surface area (Å²) in [6.45, 7) is 1.66. The van der Waals surface area contributed by atoms with Crippen molar-refractivity contribution in [2.75, 3.05) is 0 Å². The first-order chi connectivity index (χ1) is 11.0. The van der Waals surface area contributed by atoms with Crippen LogP contribution in [0.3, 0.4) is 0 Å². The molecule has 122 valence electrons. The number of nitrogens with one attached hydrogen (secondary N) is 2. The summed E-state index contributed by atoms with van der Waals surface area (Å²) in [5, 5.41) is 14.4. The summed E-state index contributed by atoms with van der Waals surface area (Å²) >= 11 is 0. The van der Waals surface area contributed by atoms with Crippen molar-refractivity contribution in [1.82, 2.24) is 19.9 Å². The first-order valence-electron chi connectivity index (χ1n) is 7.53. The van der Waals surface area contributed by atoms with Crippen LogP contribution in [-0.2, 0) is 16.0 Å². The molecule has 1 aliphatic carbocycles. The minimum Gasteiger partial charge on any atom is -0.480 e. The molecule has 0 bridgehead atoms. The number of aryl methyl sites for hydroxylation is 1. The molecule has 0 saturated heterocycles. The predicted octanol–water partition coefficient (Wildman–Crippen LogP) is 0.243. The highest BCUT2D eigenvalue weighted by atomic mass is 16.4. The van der Waals surface area contributed by atoms with Crippen LogP contribution in [0.5, 0.6) is 0 Å². The summed E-state index contributed by atoms with van der Waals surface area (Å²) in [6, 6.07) is 0.759. The van der Waals surface area contributed by atoms with Gasteiger partial charge in [0.15, 0.2) is 5.65 Å². The fourth-order valence-corrected chi connectivity index (χ4v) is 2.62. The number of nitrogens with zero attached hydrogens (tertiary/aromatic N) is 2. The fourth-order valence-electron chi connectivity index (χ4n) is 2.62. The Morgan fingerprint density at radius 3 is 2.91 bits per heavy atom. The quantitative estimate of drug-likeness (QED) is 0.705. The second-order valence-electron chi connectivity index (χ2n) is 5.95. The average molecular weight is 318 g/mol. The maximum Gasteiger partial charge on any atom is 0.326 e. The Morgan fingerprint density at radius 1 is 1.52 bits per heavy atom. The maximum absolute atomic E-state index is 12.3. The van der Waals surface area contributed by atoms with Crippen molar-refractivity contribution in [1.29, 1.82) is 0 Å². The van der Waals surface area contributed by atoms with Crippen molar-refractivity contribution >= 4 is 17.5 Å². The molecule has 0 radical (unpaired) electrons. The Morgan fingerprint density at radius 2 is 2.26 bits per heavy atom. The van der Waals surface area contributed by atoms with E-state index in [1.807, 2.05) is 0 Å². The molecular formula is C15H18N4O4. The highest BCUT2D eigenvalue weighted by molar-refractivity contribution is 5.85. The molecule has 3 N–H and O–H groups in total. The van der Waals surface area contributed by atoms with E-state index in [0.717, 1.165) is 12.8 Å². The minimum atomic E-state index is -1.04. The van der Waals surface area contributed by atoms with Gasteiger partial charge in [0.05, 0.1) is 6.42 Å². The van der Waals surface area contributed by atoms with Crippen LogP contribution in [0.25, 0.3) is 5.65 Å². The molecule has 1 unspecified atom stereocenters. The number of carbonyl (C=O) groups is 2. The third kappa shape index (κ3) is 3.25. The molecule has 8 heteroatoms. The van der Waals surface area contributed by atoms with Crippen LogP contribution in [0.1, 0.15) is 30.5 Å². The van der Waals surface area contributed by atoms with Gasteiger partial charge in [-0.3, -0.25) is 14.7 Å². The largest absolute Gasteiger partial charge is 0.480 e.